The lowest BCUT2D eigenvalue weighted by molar-refractivity contribution is -0.134. The van der Waals surface area contributed by atoms with Crippen LogP contribution >= 0.6 is 0 Å². The van der Waals surface area contributed by atoms with Gasteiger partial charge in [0, 0.05) is 17.8 Å². The Bertz CT molecular complexity index is 419. The van der Waals surface area contributed by atoms with E-state index in [1.165, 1.54) is 12.8 Å². The van der Waals surface area contributed by atoms with Crippen LogP contribution in [-0.4, -0.2) is 22.9 Å². The highest BCUT2D eigenvalue weighted by atomic mass is 16.2. The minimum Gasteiger partial charge on any atom is -0.399 e. The molecule has 1 fully saturated rings. The summed E-state index contributed by atoms with van der Waals surface area (Å²) in [4.78, 5) is 14.6. The third-order valence-electron chi connectivity index (χ3n) is 3.90. The van der Waals surface area contributed by atoms with Crippen LogP contribution < -0.4 is 5.73 Å². The molecule has 1 aromatic rings. The zero-order chi connectivity index (χ0) is 13.8. The normalized spacial score (nSPS) is 15.9. The Morgan fingerprint density at radius 1 is 1.26 bits per heavy atom. The Kier molecular flexibility index (Phi) is 4.46. The van der Waals surface area contributed by atoms with Gasteiger partial charge < -0.3 is 10.6 Å². The number of anilines is 1. The van der Waals surface area contributed by atoms with Gasteiger partial charge in [-0.1, -0.05) is 25.0 Å². The number of carbonyl (C=O) groups excluding carboxylic acids is 1. The molecule has 0 heterocycles. The SMILES string of the molecule is CC(C)N(C(=O)Cc1ccc(N)cc1)C1CCCC1. The predicted octanol–water partition coefficient (Wildman–Crippen LogP) is 2.99. The maximum atomic E-state index is 12.5. The van der Waals surface area contributed by atoms with E-state index in [2.05, 4.69) is 18.7 Å². The molecule has 0 atom stereocenters. The molecule has 0 saturated heterocycles. The van der Waals surface area contributed by atoms with Crippen molar-refractivity contribution in [3.63, 3.8) is 0 Å². The Morgan fingerprint density at radius 3 is 2.37 bits per heavy atom. The van der Waals surface area contributed by atoms with Crippen LogP contribution in [0.15, 0.2) is 24.3 Å². The molecule has 0 aromatic heterocycles. The van der Waals surface area contributed by atoms with Crippen LogP contribution in [0.2, 0.25) is 0 Å². The Hall–Kier alpha value is -1.51. The van der Waals surface area contributed by atoms with E-state index >= 15 is 0 Å². The van der Waals surface area contributed by atoms with E-state index in [-0.39, 0.29) is 11.9 Å². The summed E-state index contributed by atoms with van der Waals surface area (Å²) in [5, 5.41) is 0. The van der Waals surface area contributed by atoms with Crippen LogP contribution in [0.4, 0.5) is 5.69 Å². The summed E-state index contributed by atoms with van der Waals surface area (Å²) < 4.78 is 0. The van der Waals surface area contributed by atoms with Gasteiger partial charge in [0.05, 0.1) is 6.42 Å². The lowest BCUT2D eigenvalue weighted by atomic mass is 10.1. The summed E-state index contributed by atoms with van der Waals surface area (Å²) in [6, 6.07) is 8.34. The van der Waals surface area contributed by atoms with Gasteiger partial charge in [0.25, 0.3) is 0 Å². The van der Waals surface area contributed by atoms with Gasteiger partial charge in [-0.2, -0.15) is 0 Å². The number of benzene rings is 1. The molecule has 3 nitrogen and oxygen atoms in total. The second-order valence-electron chi connectivity index (χ2n) is 5.75. The van der Waals surface area contributed by atoms with E-state index < -0.39 is 0 Å². The zero-order valence-electron chi connectivity index (χ0n) is 11.9. The molecule has 3 heteroatoms. The number of hydrogen-bond donors (Lipinski definition) is 1. The van der Waals surface area contributed by atoms with Crippen molar-refractivity contribution in [1.29, 1.82) is 0 Å². The maximum Gasteiger partial charge on any atom is 0.227 e. The monoisotopic (exact) mass is 260 g/mol. The molecule has 0 radical (unpaired) electrons. The summed E-state index contributed by atoms with van der Waals surface area (Å²) in [6.45, 7) is 4.22. The first-order valence-electron chi connectivity index (χ1n) is 7.23. The van der Waals surface area contributed by atoms with Crippen molar-refractivity contribution >= 4 is 11.6 Å². The Morgan fingerprint density at radius 2 is 1.84 bits per heavy atom. The van der Waals surface area contributed by atoms with Crippen molar-refractivity contribution in [3.05, 3.63) is 29.8 Å². The van der Waals surface area contributed by atoms with Gasteiger partial charge in [0.1, 0.15) is 0 Å². The Balaban J connectivity index is 2.05. The highest BCUT2D eigenvalue weighted by Gasteiger charge is 2.28. The molecule has 1 amide bonds. The second-order valence-corrected chi connectivity index (χ2v) is 5.75. The summed E-state index contributed by atoms with van der Waals surface area (Å²) in [6.07, 6.45) is 5.30. The van der Waals surface area contributed by atoms with E-state index in [0.717, 1.165) is 24.1 Å². The lowest BCUT2D eigenvalue weighted by Gasteiger charge is -2.33. The van der Waals surface area contributed by atoms with Crippen LogP contribution in [-0.2, 0) is 11.2 Å². The third-order valence-corrected chi connectivity index (χ3v) is 3.90. The minimum atomic E-state index is 0.242. The average Bonchev–Trinajstić information content (AvgIpc) is 2.85. The maximum absolute atomic E-state index is 12.5. The third kappa shape index (κ3) is 3.49. The van der Waals surface area contributed by atoms with E-state index in [1.807, 2.05) is 24.3 Å². The number of nitrogen functional groups attached to an aromatic ring is 1. The first-order valence-corrected chi connectivity index (χ1v) is 7.23. The number of nitrogens with two attached hydrogens (primary N) is 1. The van der Waals surface area contributed by atoms with E-state index in [9.17, 15) is 4.79 Å². The molecular weight excluding hydrogens is 236 g/mol. The summed E-state index contributed by atoms with van der Waals surface area (Å²) >= 11 is 0. The number of hydrogen-bond acceptors (Lipinski definition) is 2. The van der Waals surface area contributed by atoms with Crippen molar-refractivity contribution in [2.75, 3.05) is 5.73 Å². The smallest absolute Gasteiger partial charge is 0.227 e. The number of rotatable bonds is 4. The molecule has 0 bridgehead atoms. The number of nitrogens with zero attached hydrogens (tertiary/aromatic N) is 1. The molecule has 1 aromatic carbocycles. The van der Waals surface area contributed by atoms with Crippen molar-refractivity contribution in [2.45, 2.75) is 58.0 Å². The van der Waals surface area contributed by atoms with Crippen LogP contribution in [0, 0.1) is 0 Å². The highest BCUT2D eigenvalue weighted by Crippen LogP contribution is 2.25. The zero-order valence-corrected chi connectivity index (χ0v) is 11.9. The van der Waals surface area contributed by atoms with Crippen LogP contribution in [0.1, 0.15) is 45.1 Å². The highest BCUT2D eigenvalue weighted by molar-refractivity contribution is 5.79. The summed E-state index contributed by atoms with van der Waals surface area (Å²) in [5.41, 5.74) is 7.46. The van der Waals surface area contributed by atoms with Gasteiger partial charge in [0.2, 0.25) is 5.91 Å². The van der Waals surface area contributed by atoms with Crippen molar-refractivity contribution < 1.29 is 4.79 Å². The lowest BCUT2D eigenvalue weighted by Crippen LogP contribution is -2.44. The van der Waals surface area contributed by atoms with Crippen molar-refractivity contribution in [3.8, 4) is 0 Å². The quantitative estimate of drug-likeness (QED) is 0.846. The molecular formula is C16H24N2O. The Labute approximate surface area is 115 Å². The van der Waals surface area contributed by atoms with Crippen LogP contribution in [0.3, 0.4) is 0 Å². The predicted molar refractivity (Wildman–Crippen MR) is 78.8 cm³/mol. The minimum absolute atomic E-state index is 0.242. The average molecular weight is 260 g/mol. The fraction of sp³-hybridized carbons (Fsp3) is 0.562. The molecule has 104 valence electrons. The van der Waals surface area contributed by atoms with Crippen LogP contribution in [0.25, 0.3) is 0 Å². The second kappa shape index (κ2) is 6.09. The van der Waals surface area contributed by atoms with Crippen molar-refractivity contribution in [2.24, 2.45) is 0 Å². The molecule has 2 N–H and O–H groups in total. The summed E-state index contributed by atoms with van der Waals surface area (Å²) in [5.74, 6) is 0.242. The molecule has 2 rings (SSSR count). The fourth-order valence-corrected chi connectivity index (χ4v) is 3.00. The topological polar surface area (TPSA) is 46.3 Å². The molecule has 0 spiro atoms. The summed E-state index contributed by atoms with van der Waals surface area (Å²) in [7, 11) is 0. The van der Waals surface area contributed by atoms with Crippen LogP contribution in [0.5, 0.6) is 0 Å². The molecule has 0 unspecified atom stereocenters. The first kappa shape index (κ1) is 13.9. The van der Waals surface area contributed by atoms with Gasteiger partial charge in [-0.05, 0) is 44.4 Å². The van der Waals surface area contributed by atoms with Gasteiger partial charge in [-0.3, -0.25) is 4.79 Å². The van der Waals surface area contributed by atoms with Gasteiger partial charge >= 0.3 is 0 Å². The molecule has 1 aliphatic rings. The molecule has 1 aliphatic carbocycles. The van der Waals surface area contributed by atoms with E-state index in [1.54, 1.807) is 0 Å². The standard InChI is InChI=1S/C16H24N2O/c1-12(2)18(15-5-3-4-6-15)16(19)11-13-7-9-14(17)10-8-13/h7-10,12,15H,3-6,11,17H2,1-2H3. The van der Waals surface area contributed by atoms with E-state index in [0.29, 0.717) is 12.5 Å². The number of carbonyl (C=O) groups is 1. The fourth-order valence-electron chi connectivity index (χ4n) is 3.00. The van der Waals surface area contributed by atoms with Crippen molar-refractivity contribution in [1.82, 2.24) is 4.90 Å². The van der Waals surface area contributed by atoms with E-state index in [4.69, 9.17) is 5.73 Å². The molecule has 19 heavy (non-hydrogen) atoms. The van der Waals surface area contributed by atoms with Gasteiger partial charge in [0.15, 0.2) is 0 Å². The largest absolute Gasteiger partial charge is 0.399 e. The van der Waals surface area contributed by atoms with Gasteiger partial charge in [-0.15, -0.1) is 0 Å². The molecule has 1 saturated carbocycles. The van der Waals surface area contributed by atoms with Gasteiger partial charge in [-0.25, -0.2) is 0 Å². The molecule has 0 aliphatic heterocycles. The first-order chi connectivity index (χ1) is 9.08. The number of amides is 1.